The molecule has 0 spiro atoms. The summed E-state index contributed by atoms with van der Waals surface area (Å²) in [5.74, 6) is 0.617. The van der Waals surface area contributed by atoms with Crippen molar-refractivity contribution in [2.75, 3.05) is 44.6 Å². The van der Waals surface area contributed by atoms with Crippen molar-refractivity contribution in [3.05, 3.63) is 54.1 Å². The fraction of sp³-hybridized carbons (Fsp3) is 0.536. The van der Waals surface area contributed by atoms with Gasteiger partial charge in [-0.15, -0.1) is 0 Å². The highest BCUT2D eigenvalue weighted by Gasteiger charge is 2.28. The first-order valence-electron chi connectivity index (χ1n) is 12.6. The van der Waals surface area contributed by atoms with Gasteiger partial charge in [-0.3, -0.25) is 4.79 Å². The number of alkyl halides is 1. The molecule has 2 heterocycles. The highest BCUT2D eigenvalue weighted by molar-refractivity contribution is 5.95. The van der Waals surface area contributed by atoms with Crippen LogP contribution in [0.2, 0.25) is 0 Å². The number of halogens is 1. The number of nitrogens with zero attached hydrogens (tertiary/aromatic N) is 2. The molecule has 34 heavy (non-hydrogen) atoms. The van der Waals surface area contributed by atoms with Gasteiger partial charge in [0.05, 0.1) is 12.6 Å². The van der Waals surface area contributed by atoms with Crippen molar-refractivity contribution in [2.45, 2.75) is 51.2 Å². The molecule has 1 atom stereocenters. The van der Waals surface area contributed by atoms with E-state index in [9.17, 15) is 14.3 Å². The highest BCUT2D eigenvalue weighted by Crippen LogP contribution is 2.25. The Morgan fingerprint density at radius 2 is 1.62 bits per heavy atom. The molecule has 0 saturated carbocycles. The van der Waals surface area contributed by atoms with Gasteiger partial charge >= 0.3 is 0 Å². The summed E-state index contributed by atoms with van der Waals surface area (Å²) in [6, 6.07) is 16.1. The molecule has 0 aliphatic carbocycles. The molecule has 2 aromatic carbocycles. The number of hydrogen-bond donors (Lipinski definition) is 2. The monoisotopic (exact) mass is 467 g/mol. The highest BCUT2D eigenvalue weighted by atomic mass is 19.1. The van der Waals surface area contributed by atoms with Crippen molar-refractivity contribution < 1.29 is 14.3 Å². The Balaban J connectivity index is 1.27. The molecule has 2 saturated heterocycles. The normalized spacial score (nSPS) is 20.0. The van der Waals surface area contributed by atoms with Crippen LogP contribution in [0.5, 0.6) is 0 Å². The Kier molecular flexibility index (Phi) is 7.89. The molecular formula is C28H38FN3O2. The molecule has 6 heteroatoms. The lowest BCUT2D eigenvalue weighted by molar-refractivity contribution is 0.0677. The van der Waals surface area contributed by atoms with Crippen LogP contribution < -0.4 is 5.32 Å². The Bertz CT molecular complexity index is 932. The Morgan fingerprint density at radius 3 is 2.21 bits per heavy atom. The average Bonchev–Trinajstić information content (AvgIpc) is 3.32. The summed E-state index contributed by atoms with van der Waals surface area (Å²) in [5, 5.41) is 13.1. The van der Waals surface area contributed by atoms with Crippen LogP contribution >= 0.6 is 0 Å². The number of piperidine rings is 1. The van der Waals surface area contributed by atoms with E-state index in [1.807, 2.05) is 24.3 Å². The molecule has 5 nitrogen and oxygen atoms in total. The Labute approximate surface area is 203 Å². The molecule has 1 amide bonds. The van der Waals surface area contributed by atoms with Crippen molar-refractivity contribution in [2.24, 2.45) is 5.92 Å². The van der Waals surface area contributed by atoms with Crippen molar-refractivity contribution in [3.8, 4) is 11.1 Å². The number of carbonyl (C=O) groups is 1. The maximum absolute atomic E-state index is 13.9. The molecule has 2 aliphatic rings. The summed E-state index contributed by atoms with van der Waals surface area (Å²) >= 11 is 0. The topological polar surface area (TPSA) is 55.8 Å². The summed E-state index contributed by atoms with van der Waals surface area (Å²) in [7, 11) is 0. The van der Waals surface area contributed by atoms with Gasteiger partial charge in [0, 0.05) is 30.9 Å². The van der Waals surface area contributed by atoms with E-state index < -0.39 is 5.67 Å². The first kappa shape index (κ1) is 24.7. The van der Waals surface area contributed by atoms with Crippen LogP contribution in [-0.2, 0) is 0 Å². The lowest BCUT2D eigenvalue weighted by atomic mass is 9.95. The minimum Gasteiger partial charge on any atom is -0.394 e. The van der Waals surface area contributed by atoms with Gasteiger partial charge in [0.25, 0.3) is 5.91 Å². The van der Waals surface area contributed by atoms with E-state index in [0.29, 0.717) is 18.0 Å². The molecule has 0 unspecified atom stereocenters. The van der Waals surface area contributed by atoms with Gasteiger partial charge < -0.3 is 20.2 Å². The first-order chi connectivity index (χ1) is 16.3. The van der Waals surface area contributed by atoms with E-state index in [1.54, 1.807) is 18.7 Å². The number of carbonyl (C=O) groups excluding carboxylic acids is 1. The standard InChI is InChI=1S/C28H38FN3O2/c1-28(2,29)20-31-16-13-21(14-17-31)18-30-25-11-9-23(10-12-25)22-5-7-24(8-6-22)27(34)32-15-3-4-26(32)19-33/h5-12,21,26,30,33H,3-4,13-20H2,1-2H3/t26-/m1/s1. The van der Waals surface area contributed by atoms with Crippen LogP contribution in [0.15, 0.2) is 48.5 Å². The number of aliphatic hydroxyl groups excluding tert-OH is 1. The number of rotatable bonds is 8. The predicted molar refractivity (Wildman–Crippen MR) is 136 cm³/mol. The molecule has 2 aliphatic heterocycles. The van der Waals surface area contributed by atoms with Gasteiger partial charge in [0.2, 0.25) is 0 Å². The van der Waals surface area contributed by atoms with E-state index in [2.05, 4.69) is 34.5 Å². The summed E-state index contributed by atoms with van der Waals surface area (Å²) in [6.45, 7) is 7.45. The second kappa shape index (κ2) is 10.9. The number of aliphatic hydroxyl groups is 1. The van der Waals surface area contributed by atoms with Crippen LogP contribution in [-0.4, -0.2) is 71.9 Å². The number of anilines is 1. The molecule has 0 aromatic heterocycles. The van der Waals surface area contributed by atoms with E-state index in [4.69, 9.17) is 0 Å². The van der Waals surface area contributed by atoms with Crippen molar-refractivity contribution >= 4 is 11.6 Å². The van der Waals surface area contributed by atoms with Gasteiger partial charge in [-0.25, -0.2) is 4.39 Å². The second-order valence-electron chi connectivity index (χ2n) is 10.5. The quantitative estimate of drug-likeness (QED) is 0.584. The fourth-order valence-electron chi connectivity index (χ4n) is 5.19. The number of likely N-dealkylation sites (tertiary alicyclic amines) is 2. The molecular weight excluding hydrogens is 429 g/mol. The largest absolute Gasteiger partial charge is 0.394 e. The summed E-state index contributed by atoms with van der Waals surface area (Å²) in [6.07, 6.45) is 4.02. The molecule has 0 radical (unpaired) electrons. The molecule has 2 aromatic rings. The van der Waals surface area contributed by atoms with Crippen molar-refractivity contribution in [3.63, 3.8) is 0 Å². The number of hydrogen-bond acceptors (Lipinski definition) is 4. The van der Waals surface area contributed by atoms with E-state index in [1.165, 1.54) is 0 Å². The lowest BCUT2D eigenvalue weighted by Crippen LogP contribution is -2.42. The Morgan fingerprint density at radius 1 is 1.00 bits per heavy atom. The number of amides is 1. The molecule has 2 N–H and O–H groups in total. The third-order valence-electron chi connectivity index (χ3n) is 7.10. The minimum atomic E-state index is -1.13. The van der Waals surface area contributed by atoms with Crippen LogP contribution in [0.4, 0.5) is 10.1 Å². The predicted octanol–water partition coefficient (Wildman–Crippen LogP) is 4.82. The smallest absolute Gasteiger partial charge is 0.254 e. The zero-order valence-corrected chi connectivity index (χ0v) is 20.5. The second-order valence-corrected chi connectivity index (χ2v) is 10.5. The van der Waals surface area contributed by atoms with Crippen LogP contribution in [0.25, 0.3) is 11.1 Å². The third-order valence-corrected chi connectivity index (χ3v) is 7.10. The van der Waals surface area contributed by atoms with E-state index in [-0.39, 0.29) is 18.6 Å². The minimum absolute atomic E-state index is 0.00175. The fourth-order valence-corrected chi connectivity index (χ4v) is 5.19. The number of nitrogens with one attached hydrogen (secondary N) is 1. The zero-order chi connectivity index (χ0) is 24.1. The van der Waals surface area contributed by atoms with Crippen LogP contribution in [0, 0.1) is 5.92 Å². The molecule has 2 fully saturated rings. The summed E-state index contributed by atoms with van der Waals surface area (Å²) < 4.78 is 13.9. The Hall–Kier alpha value is -2.44. The average molecular weight is 468 g/mol. The van der Waals surface area contributed by atoms with Crippen molar-refractivity contribution in [1.29, 1.82) is 0 Å². The zero-order valence-electron chi connectivity index (χ0n) is 20.5. The van der Waals surface area contributed by atoms with E-state index in [0.717, 1.165) is 68.7 Å². The molecule has 184 valence electrons. The maximum Gasteiger partial charge on any atom is 0.254 e. The number of benzene rings is 2. The van der Waals surface area contributed by atoms with Crippen LogP contribution in [0.3, 0.4) is 0 Å². The van der Waals surface area contributed by atoms with E-state index >= 15 is 0 Å². The summed E-state index contributed by atoms with van der Waals surface area (Å²) in [4.78, 5) is 16.8. The van der Waals surface area contributed by atoms with Gasteiger partial charge in [0.1, 0.15) is 5.67 Å². The van der Waals surface area contributed by atoms with Gasteiger partial charge in [0.15, 0.2) is 0 Å². The molecule has 0 bridgehead atoms. The molecule has 4 rings (SSSR count). The van der Waals surface area contributed by atoms with Gasteiger partial charge in [-0.2, -0.15) is 0 Å². The van der Waals surface area contributed by atoms with Crippen LogP contribution in [0.1, 0.15) is 49.9 Å². The SMILES string of the molecule is CC(C)(F)CN1CCC(CNc2ccc(-c3ccc(C(=O)N4CCC[C@@H]4CO)cc3)cc2)CC1. The van der Waals surface area contributed by atoms with Gasteiger partial charge in [-0.05, 0) is 93.9 Å². The van der Waals surface area contributed by atoms with Crippen molar-refractivity contribution in [1.82, 2.24) is 9.80 Å². The maximum atomic E-state index is 13.9. The summed E-state index contributed by atoms with van der Waals surface area (Å²) in [5.41, 5.74) is 2.84. The first-order valence-corrected chi connectivity index (χ1v) is 12.6. The third kappa shape index (κ3) is 6.36. The lowest BCUT2D eigenvalue weighted by Gasteiger charge is -2.34. The van der Waals surface area contributed by atoms with Gasteiger partial charge in [-0.1, -0.05) is 24.3 Å².